The maximum Gasteiger partial charge on any atom is 0.230 e. The van der Waals surface area contributed by atoms with E-state index < -0.39 is 0 Å². The summed E-state index contributed by atoms with van der Waals surface area (Å²) in [5.41, 5.74) is 5.42. The van der Waals surface area contributed by atoms with E-state index in [1.54, 1.807) is 4.90 Å². The first-order valence-electron chi connectivity index (χ1n) is 6.30. The first-order valence-corrected chi connectivity index (χ1v) is 6.30. The highest BCUT2D eigenvalue weighted by molar-refractivity contribution is 5.84. The fourth-order valence-electron chi connectivity index (χ4n) is 2.23. The molecular weight excluding hydrogens is 204 g/mol. The third kappa shape index (κ3) is 2.74. The lowest BCUT2D eigenvalue weighted by atomic mass is 9.68. The number of carbonyl (C=O) groups excluding carboxylic acids is 1. The molecule has 0 unspecified atom stereocenters. The molecule has 1 aliphatic rings. The molecule has 4 nitrogen and oxygen atoms in total. The molecule has 0 aliphatic heterocycles. The van der Waals surface area contributed by atoms with Crippen molar-refractivity contribution in [2.75, 3.05) is 26.2 Å². The normalized spacial score (nSPS) is 17.9. The van der Waals surface area contributed by atoms with Crippen molar-refractivity contribution in [2.45, 2.75) is 39.0 Å². The van der Waals surface area contributed by atoms with Gasteiger partial charge in [0.25, 0.3) is 0 Å². The molecule has 3 N–H and O–H groups in total. The van der Waals surface area contributed by atoms with E-state index in [1.165, 1.54) is 0 Å². The summed E-state index contributed by atoms with van der Waals surface area (Å²) in [5.74, 6) is 0.156. The standard InChI is InChI=1S/C12H24N2O2/c1-2-3-7-14(8-9-15)11(16)12(10-13)5-4-6-12/h15H,2-10,13H2,1H3. The van der Waals surface area contributed by atoms with Crippen molar-refractivity contribution in [1.29, 1.82) is 0 Å². The Morgan fingerprint density at radius 1 is 1.44 bits per heavy atom. The topological polar surface area (TPSA) is 66.6 Å². The number of amides is 1. The summed E-state index contributed by atoms with van der Waals surface area (Å²) in [5, 5.41) is 8.99. The van der Waals surface area contributed by atoms with Crippen LogP contribution < -0.4 is 5.73 Å². The van der Waals surface area contributed by atoms with Gasteiger partial charge in [0.2, 0.25) is 5.91 Å². The molecule has 16 heavy (non-hydrogen) atoms. The maximum absolute atomic E-state index is 12.3. The summed E-state index contributed by atoms with van der Waals surface area (Å²) >= 11 is 0. The van der Waals surface area contributed by atoms with Gasteiger partial charge in [0.05, 0.1) is 12.0 Å². The number of carbonyl (C=O) groups is 1. The third-order valence-corrected chi connectivity index (χ3v) is 3.59. The highest BCUT2D eigenvalue weighted by Crippen LogP contribution is 2.41. The molecular formula is C12H24N2O2. The molecule has 0 aromatic carbocycles. The Bertz CT molecular complexity index is 222. The molecule has 0 bridgehead atoms. The second kappa shape index (κ2) is 6.21. The lowest BCUT2D eigenvalue weighted by Gasteiger charge is -2.42. The Morgan fingerprint density at radius 2 is 2.12 bits per heavy atom. The zero-order valence-electron chi connectivity index (χ0n) is 10.2. The molecule has 1 saturated carbocycles. The molecule has 1 fully saturated rings. The molecule has 0 aromatic heterocycles. The highest BCUT2D eigenvalue weighted by atomic mass is 16.3. The van der Waals surface area contributed by atoms with Crippen LogP contribution >= 0.6 is 0 Å². The van der Waals surface area contributed by atoms with E-state index in [9.17, 15) is 4.79 Å². The van der Waals surface area contributed by atoms with Gasteiger partial charge in [-0.2, -0.15) is 0 Å². The number of aliphatic hydroxyl groups is 1. The summed E-state index contributed by atoms with van der Waals surface area (Å²) in [4.78, 5) is 14.1. The van der Waals surface area contributed by atoms with Gasteiger partial charge in [-0.1, -0.05) is 19.8 Å². The van der Waals surface area contributed by atoms with E-state index >= 15 is 0 Å². The zero-order valence-corrected chi connectivity index (χ0v) is 10.2. The molecule has 94 valence electrons. The summed E-state index contributed by atoms with van der Waals surface area (Å²) in [6.45, 7) is 3.78. The van der Waals surface area contributed by atoms with E-state index in [-0.39, 0.29) is 17.9 Å². The molecule has 4 heteroatoms. The van der Waals surface area contributed by atoms with Gasteiger partial charge < -0.3 is 15.7 Å². The van der Waals surface area contributed by atoms with Crippen LogP contribution in [0.1, 0.15) is 39.0 Å². The predicted octanol–water partition coefficient (Wildman–Crippen LogP) is 0.736. The first-order chi connectivity index (χ1) is 7.70. The SMILES string of the molecule is CCCCN(CCO)C(=O)C1(CN)CCC1. The molecule has 0 aromatic rings. The average Bonchev–Trinajstić information content (AvgIpc) is 2.23. The number of unbranched alkanes of at least 4 members (excludes halogenated alkanes) is 1. The smallest absolute Gasteiger partial charge is 0.230 e. The van der Waals surface area contributed by atoms with Crippen LogP contribution in [-0.2, 0) is 4.79 Å². The molecule has 1 aliphatic carbocycles. The Balaban J connectivity index is 2.58. The van der Waals surface area contributed by atoms with Crippen molar-refractivity contribution in [3.05, 3.63) is 0 Å². The number of nitrogens with zero attached hydrogens (tertiary/aromatic N) is 1. The van der Waals surface area contributed by atoms with Crippen LogP contribution in [0.2, 0.25) is 0 Å². The first kappa shape index (κ1) is 13.5. The van der Waals surface area contributed by atoms with E-state index in [0.29, 0.717) is 13.1 Å². The predicted molar refractivity (Wildman–Crippen MR) is 63.9 cm³/mol. The van der Waals surface area contributed by atoms with Gasteiger partial charge >= 0.3 is 0 Å². The third-order valence-electron chi connectivity index (χ3n) is 3.59. The summed E-state index contributed by atoms with van der Waals surface area (Å²) < 4.78 is 0. The summed E-state index contributed by atoms with van der Waals surface area (Å²) in [6, 6.07) is 0. The fourth-order valence-corrected chi connectivity index (χ4v) is 2.23. The monoisotopic (exact) mass is 228 g/mol. The average molecular weight is 228 g/mol. The second-order valence-corrected chi connectivity index (χ2v) is 4.71. The molecule has 0 atom stereocenters. The lowest BCUT2D eigenvalue weighted by molar-refractivity contribution is -0.147. The minimum absolute atomic E-state index is 0.0378. The van der Waals surface area contributed by atoms with Gasteiger partial charge in [0, 0.05) is 19.6 Å². The second-order valence-electron chi connectivity index (χ2n) is 4.71. The van der Waals surface area contributed by atoms with Gasteiger partial charge in [-0.3, -0.25) is 4.79 Å². The molecule has 0 spiro atoms. The molecule has 1 rings (SSSR count). The van der Waals surface area contributed by atoms with Crippen LogP contribution in [0.25, 0.3) is 0 Å². The lowest BCUT2D eigenvalue weighted by Crippen LogP contribution is -2.52. The fraction of sp³-hybridized carbons (Fsp3) is 0.917. The van der Waals surface area contributed by atoms with E-state index in [2.05, 4.69) is 6.92 Å². The minimum Gasteiger partial charge on any atom is -0.395 e. The van der Waals surface area contributed by atoms with Crippen LogP contribution in [0.3, 0.4) is 0 Å². The number of rotatable bonds is 7. The molecule has 0 radical (unpaired) electrons. The Kier molecular flexibility index (Phi) is 5.22. The van der Waals surface area contributed by atoms with Crippen molar-refractivity contribution in [3.63, 3.8) is 0 Å². The van der Waals surface area contributed by atoms with Crippen molar-refractivity contribution in [1.82, 2.24) is 4.90 Å². The van der Waals surface area contributed by atoms with Crippen molar-refractivity contribution >= 4 is 5.91 Å². The van der Waals surface area contributed by atoms with Crippen molar-refractivity contribution in [3.8, 4) is 0 Å². The number of hydrogen-bond acceptors (Lipinski definition) is 3. The molecule has 0 heterocycles. The van der Waals surface area contributed by atoms with Crippen LogP contribution in [-0.4, -0.2) is 42.2 Å². The summed E-state index contributed by atoms with van der Waals surface area (Å²) in [7, 11) is 0. The molecule has 1 amide bonds. The van der Waals surface area contributed by atoms with Gasteiger partial charge in [-0.05, 0) is 19.3 Å². The van der Waals surface area contributed by atoms with Gasteiger partial charge in [-0.15, -0.1) is 0 Å². The number of aliphatic hydroxyl groups excluding tert-OH is 1. The number of hydrogen-bond donors (Lipinski definition) is 2. The summed E-state index contributed by atoms with van der Waals surface area (Å²) in [6.07, 6.45) is 4.98. The number of nitrogens with two attached hydrogens (primary N) is 1. The van der Waals surface area contributed by atoms with Crippen molar-refractivity contribution < 1.29 is 9.90 Å². The van der Waals surface area contributed by atoms with Gasteiger partial charge in [0.15, 0.2) is 0 Å². The Morgan fingerprint density at radius 3 is 2.50 bits per heavy atom. The minimum atomic E-state index is -0.303. The highest BCUT2D eigenvalue weighted by Gasteiger charge is 2.44. The van der Waals surface area contributed by atoms with Gasteiger partial charge in [-0.25, -0.2) is 0 Å². The Labute approximate surface area is 97.8 Å². The van der Waals surface area contributed by atoms with Crippen LogP contribution in [0.15, 0.2) is 0 Å². The van der Waals surface area contributed by atoms with E-state index in [0.717, 1.165) is 38.6 Å². The van der Waals surface area contributed by atoms with Crippen molar-refractivity contribution in [2.24, 2.45) is 11.1 Å². The van der Waals surface area contributed by atoms with Crippen LogP contribution in [0, 0.1) is 5.41 Å². The van der Waals surface area contributed by atoms with E-state index in [1.807, 2.05) is 0 Å². The quantitative estimate of drug-likeness (QED) is 0.675. The zero-order chi connectivity index (χ0) is 12.0. The molecule has 0 saturated heterocycles. The van der Waals surface area contributed by atoms with Crippen LogP contribution in [0.4, 0.5) is 0 Å². The van der Waals surface area contributed by atoms with Crippen LogP contribution in [0.5, 0.6) is 0 Å². The largest absolute Gasteiger partial charge is 0.395 e. The maximum atomic E-state index is 12.3. The van der Waals surface area contributed by atoms with Gasteiger partial charge in [0.1, 0.15) is 0 Å². The van der Waals surface area contributed by atoms with E-state index in [4.69, 9.17) is 10.8 Å². The Hall–Kier alpha value is -0.610.